The van der Waals surface area contributed by atoms with E-state index in [9.17, 15) is 5.11 Å². The molecule has 3 N–H and O–H groups in total. The molecule has 3 heteroatoms. The molecule has 0 saturated heterocycles. The minimum absolute atomic E-state index is 0.228. The summed E-state index contributed by atoms with van der Waals surface area (Å²) in [5.74, 6) is 0.992. The zero-order chi connectivity index (χ0) is 9.68. The quantitative estimate of drug-likeness (QED) is 0.742. The van der Waals surface area contributed by atoms with Crippen molar-refractivity contribution in [3.63, 3.8) is 0 Å². The fraction of sp³-hybridized carbons (Fsp3) is 0.400. The Morgan fingerprint density at radius 2 is 2.23 bits per heavy atom. The van der Waals surface area contributed by atoms with Crippen LogP contribution in [-0.2, 0) is 6.54 Å². The zero-order valence-electron chi connectivity index (χ0n) is 7.79. The Balaban J connectivity index is 2.74. The van der Waals surface area contributed by atoms with Gasteiger partial charge in [0.1, 0.15) is 11.5 Å². The molecular formula is C10H15NO2. The van der Waals surface area contributed by atoms with Gasteiger partial charge in [-0.05, 0) is 24.6 Å². The van der Waals surface area contributed by atoms with Crippen LogP contribution in [0.25, 0.3) is 0 Å². The number of nitrogens with two attached hydrogens (primary N) is 1. The van der Waals surface area contributed by atoms with Gasteiger partial charge in [0.15, 0.2) is 0 Å². The van der Waals surface area contributed by atoms with E-state index in [4.69, 9.17) is 10.5 Å². The lowest BCUT2D eigenvalue weighted by atomic mass is 10.2. The fourth-order valence-corrected chi connectivity index (χ4v) is 1.04. The molecule has 1 aromatic carbocycles. The van der Waals surface area contributed by atoms with Crippen molar-refractivity contribution in [3.8, 4) is 11.5 Å². The molecule has 0 heterocycles. The molecule has 0 radical (unpaired) electrons. The van der Waals surface area contributed by atoms with Gasteiger partial charge in [-0.3, -0.25) is 0 Å². The second kappa shape index (κ2) is 4.72. The van der Waals surface area contributed by atoms with Crippen molar-refractivity contribution < 1.29 is 9.84 Å². The maximum absolute atomic E-state index is 9.32. The number of rotatable bonds is 4. The second-order valence-corrected chi connectivity index (χ2v) is 2.84. The van der Waals surface area contributed by atoms with Crippen molar-refractivity contribution >= 4 is 0 Å². The van der Waals surface area contributed by atoms with Gasteiger partial charge in [0.05, 0.1) is 6.61 Å². The molecule has 0 aromatic heterocycles. The first-order valence-electron chi connectivity index (χ1n) is 4.42. The molecule has 0 amide bonds. The molecule has 13 heavy (non-hydrogen) atoms. The third-order valence-corrected chi connectivity index (χ3v) is 1.74. The van der Waals surface area contributed by atoms with Gasteiger partial charge in [0.25, 0.3) is 0 Å². The number of aromatic hydroxyl groups is 1. The molecule has 0 aliphatic heterocycles. The number of hydrogen-bond donors (Lipinski definition) is 2. The zero-order valence-corrected chi connectivity index (χ0v) is 7.79. The van der Waals surface area contributed by atoms with Crippen LogP contribution in [0.2, 0.25) is 0 Å². The van der Waals surface area contributed by atoms with Crippen LogP contribution < -0.4 is 10.5 Å². The van der Waals surface area contributed by atoms with Gasteiger partial charge in [-0.25, -0.2) is 0 Å². The lowest BCUT2D eigenvalue weighted by Gasteiger charge is -2.07. The predicted octanol–water partition coefficient (Wildman–Crippen LogP) is 1.64. The molecule has 0 bridgehead atoms. The van der Waals surface area contributed by atoms with E-state index in [0.29, 0.717) is 18.7 Å². The van der Waals surface area contributed by atoms with E-state index in [1.807, 2.05) is 6.92 Å². The number of ether oxygens (including phenoxy) is 1. The maximum atomic E-state index is 9.32. The maximum Gasteiger partial charge on any atom is 0.120 e. The molecule has 72 valence electrons. The molecule has 0 atom stereocenters. The fourth-order valence-electron chi connectivity index (χ4n) is 1.04. The summed E-state index contributed by atoms with van der Waals surface area (Å²) in [6, 6.07) is 5.11. The van der Waals surface area contributed by atoms with Crippen LogP contribution in [0.15, 0.2) is 18.2 Å². The molecule has 0 saturated carbocycles. The van der Waals surface area contributed by atoms with Crippen molar-refractivity contribution in [2.45, 2.75) is 19.9 Å². The predicted molar refractivity (Wildman–Crippen MR) is 51.8 cm³/mol. The highest BCUT2D eigenvalue weighted by Gasteiger charge is 2.00. The van der Waals surface area contributed by atoms with Crippen molar-refractivity contribution in [2.24, 2.45) is 5.73 Å². The molecule has 0 aliphatic carbocycles. The second-order valence-electron chi connectivity index (χ2n) is 2.84. The van der Waals surface area contributed by atoms with Gasteiger partial charge in [-0.1, -0.05) is 6.92 Å². The largest absolute Gasteiger partial charge is 0.508 e. The van der Waals surface area contributed by atoms with Gasteiger partial charge in [0, 0.05) is 12.1 Å². The molecule has 1 aromatic rings. The van der Waals surface area contributed by atoms with E-state index >= 15 is 0 Å². The minimum Gasteiger partial charge on any atom is -0.508 e. The molecule has 1 rings (SSSR count). The summed E-state index contributed by atoms with van der Waals surface area (Å²) in [5.41, 5.74) is 6.15. The number of phenolic OH excluding ortho intramolecular Hbond substituents is 1. The summed E-state index contributed by atoms with van der Waals surface area (Å²) in [4.78, 5) is 0. The van der Waals surface area contributed by atoms with Crippen molar-refractivity contribution in [3.05, 3.63) is 23.8 Å². The van der Waals surface area contributed by atoms with Gasteiger partial charge < -0.3 is 15.6 Å². The van der Waals surface area contributed by atoms with Crippen molar-refractivity contribution in [2.75, 3.05) is 6.61 Å². The Labute approximate surface area is 78.1 Å². The first-order valence-corrected chi connectivity index (χ1v) is 4.42. The van der Waals surface area contributed by atoms with Gasteiger partial charge in [-0.2, -0.15) is 0 Å². The third kappa shape index (κ3) is 2.63. The summed E-state index contributed by atoms with van der Waals surface area (Å²) in [6.07, 6.45) is 0.971. The molecular weight excluding hydrogens is 166 g/mol. The SMILES string of the molecule is CCCOc1ccc(O)c(CN)c1. The van der Waals surface area contributed by atoms with Crippen LogP contribution in [0.5, 0.6) is 11.5 Å². The summed E-state index contributed by atoms with van der Waals surface area (Å²) >= 11 is 0. The third-order valence-electron chi connectivity index (χ3n) is 1.74. The van der Waals surface area contributed by atoms with Crippen molar-refractivity contribution in [1.29, 1.82) is 0 Å². The summed E-state index contributed by atoms with van der Waals surface area (Å²) in [5, 5.41) is 9.32. The van der Waals surface area contributed by atoms with Crippen molar-refractivity contribution in [1.82, 2.24) is 0 Å². The number of hydrogen-bond acceptors (Lipinski definition) is 3. The standard InChI is InChI=1S/C10H15NO2/c1-2-5-13-9-3-4-10(12)8(6-9)7-11/h3-4,6,12H,2,5,7,11H2,1H3. The highest BCUT2D eigenvalue weighted by atomic mass is 16.5. The minimum atomic E-state index is 0.228. The smallest absolute Gasteiger partial charge is 0.120 e. The highest BCUT2D eigenvalue weighted by Crippen LogP contribution is 2.22. The van der Waals surface area contributed by atoms with Gasteiger partial charge >= 0.3 is 0 Å². The van der Waals surface area contributed by atoms with Gasteiger partial charge in [0.2, 0.25) is 0 Å². The van der Waals surface area contributed by atoms with Crippen LogP contribution in [0.4, 0.5) is 0 Å². The van der Waals surface area contributed by atoms with Crippen LogP contribution in [0.3, 0.4) is 0 Å². The van der Waals surface area contributed by atoms with E-state index < -0.39 is 0 Å². The van der Waals surface area contributed by atoms with E-state index in [0.717, 1.165) is 12.2 Å². The molecule has 0 aliphatic rings. The Hall–Kier alpha value is -1.22. The number of phenols is 1. The lowest BCUT2D eigenvalue weighted by Crippen LogP contribution is -1.99. The van der Waals surface area contributed by atoms with Crippen LogP contribution in [0, 0.1) is 0 Å². The van der Waals surface area contributed by atoms with Crippen LogP contribution in [-0.4, -0.2) is 11.7 Å². The summed E-state index contributed by atoms with van der Waals surface area (Å²) < 4.78 is 5.39. The van der Waals surface area contributed by atoms with E-state index in [2.05, 4.69) is 0 Å². The first-order chi connectivity index (χ1) is 6.27. The Bertz CT molecular complexity index is 274. The monoisotopic (exact) mass is 181 g/mol. The Morgan fingerprint density at radius 1 is 1.46 bits per heavy atom. The van der Waals surface area contributed by atoms with Crippen LogP contribution in [0.1, 0.15) is 18.9 Å². The first kappa shape index (κ1) is 9.86. The molecule has 0 fully saturated rings. The highest BCUT2D eigenvalue weighted by molar-refractivity contribution is 5.39. The Kier molecular flexibility index (Phi) is 3.58. The van der Waals surface area contributed by atoms with E-state index in [1.54, 1.807) is 18.2 Å². The van der Waals surface area contributed by atoms with E-state index in [-0.39, 0.29) is 5.75 Å². The topological polar surface area (TPSA) is 55.5 Å². The summed E-state index contributed by atoms with van der Waals surface area (Å²) in [7, 11) is 0. The average molecular weight is 181 g/mol. The normalized spacial score (nSPS) is 10.0. The molecule has 0 spiro atoms. The molecule has 0 unspecified atom stereocenters. The average Bonchev–Trinajstić information content (AvgIpc) is 2.16. The van der Waals surface area contributed by atoms with Gasteiger partial charge in [-0.15, -0.1) is 0 Å². The Morgan fingerprint density at radius 3 is 2.85 bits per heavy atom. The molecule has 3 nitrogen and oxygen atoms in total. The number of benzene rings is 1. The summed E-state index contributed by atoms with van der Waals surface area (Å²) in [6.45, 7) is 3.06. The van der Waals surface area contributed by atoms with Crippen LogP contribution >= 0.6 is 0 Å². The van der Waals surface area contributed by atoms with E-state index in [1.165, 1.54) is 0 Å². The lowest BCUT2D eigenvalue weighted by molar-refractivity contribution is 0.316.